The fraction of sp³-hybridized carbons (Fsp3) is 0.0435. The quantitative estimate of drug-likeness (QED) is 0.138. The summed E-state index contributed by atoms with van der Waals surface area (Å²) in [6.07, 6.45) is 0.296. The molecule has 0 saturated carbocycles. The zero-order valence-electron chi connectivity index (χ0n) is 40.3. The second-order valence-electron chi connectivity index (χ2n) is 20.6. The van der Waals surface area contributed by atoms with Crippen LogP contribution in [0, 0.1) is 0 Å². The van der Waals surface area contributed by atoms with Gasteiger partial charge in [-0.1, -0.05) is 182 Å². The molecule has 0 bridgehead atoms. The first-order valence-corrected chi connectivity index (χ1v) is 25.9. The van der Waals surface area contributed by atoms with Crippen molar-refractivity contribution < 1.29 is 5.32 Å². The predicted molar refractivity (Wildman–Crippen MR) is 307 cm³/mol. The first-order valence-electron chi connectivity index (χ1n) is 25.9. The molecule has 2 N–H and O–H groups in total. The highest BCUT2D eigenvalue weighted by molar-refractivity contribution is 6.17. The monoisotopic (exact) mass is 944 g/mol. The Morgan fingerprint density at radius 3 is 1.47 bits per heavy atom. The van der Waals surface area contributed by atoms with Gasteiger partial charge in [0.15, 0.2) is 12.3 Å². The van der Waals surface area contributed by atoms with Crippen LogP contribution in [0.5, 0.6) is 0 Å². The number of rotatable bonds is 5. The Labute approximate surface area is 425 Å². The number of hydrazine groups is 1. The largest absolute Gasteiger partial charge is 0.309 e. The number of aromatic nitrogens is 2. The summed E-state index contributed by atoms with van der Waals surface area (Å²) in [4.78, 5) is 0. The Morgan fingerprint density at radius 1 is 0.270 bits per heavy atom. The lowest BCUT2D eigenvalue weighted by molar-refractivity contribution is -0.735. The summed E-state index contributed by atoms with van der Waals surface area (Å²) in [5, 5.41) is 28.0. The van der Waals surface area contributed by atoms with Crippen molar-refractivity contribution in [3.8, 4) is 11.4 Å². The Bertz CT molecular complexity index is 4890. The van der Waals surface area contributed by atoms with Crippen molar-refractivity contribution in [1.29, 1.82) is 0 Å². The van der Waals surface area contributed by atoms with E-state index in [-0.39, 0.29) is 18.5 Å². The molecule has 2 saturated heterocycles. The van der Waals surface area contributed by atoms with Crippen LogP contribution in [-0.2, 0) is 0 Å². The molecule has 0 spiro atoms. The fourth-order valence-corrected chi connectivity index (χ4v) is 13.3. The molecule has 0 aliphatic carbocycles. The summed E-state index contributed by atoms with van der Waals surface area (Å²) < 4.78 is 5.01. The van der Waals surface area contributed by atoms with Crippen LogP contribution in [0.3, 0.4) is 0 Å². The van der Waals surface area contributed by atoms with Gasteiger partial charge in [0.05, 0.1) is 27.8 Å². The lowest BCUT2D eigenvalue weighted by Crippen LogP contribution is -2.85. The summed E-state index contributed by atoms with van der Waals surface area (Å²) in [7, 11) is 0. The summed E-state index contributed by atoms with van der Waals surface area (Å²) in [6, 6.07) is 93.2. The molecule has 346 valence electrons. The lowest BCUT2D eigenvalue weighted by atomic mass is 9.96. The Kier molecular flexibility index (Phi) is 8.33. The molecule has 0 amide bonds. The Balaban J connectivity index is 0.844. The van der Waals surface area contributed by atoms with Gasteiger partial charge < -0.3 is 14.5 Å². The molecular weight excluding hydrogens is 899 g/mol. The first kappa shape index (κ1) is 40.5. The van der Waals surface area contributed by atoms with Gasteiger partial charge in [0.1, 0.15) is 6.17 Å². The number of quaternary nitrogens is 1. The maximum Gasteiger partial charge on any atom is 0.185 e. The summed E-state index contributed by atoms with van der Waals surface area (Å²) in [5.41, 5.74) is 11.1. The van der Waals surface area contributed by atoms with Crippen molar-refractivity contribution in [2.75, 3.05) is 0 Å². The maximum absolute atomic E-state index is 2.64. The third-order valence-electron chi connectivity index (χ3n) is 16.7. The van der Waals surface area contributed by atoms with Crippen LogP contribution >= 0.6 is 0 Å². The SMILES string of the molecule is c1ccc2cc(C3[NH2+]C(c4ccc5c(-n6c7cc(-n8c9ccccc9c9cc%10ccccc%10cc98)ccc7c7cc8ccccc8cc76)cccc5c4)N4C(c5cc6ccccc6c6ccccc56)N34)ccc2c1. The van der Waals surface area contributed by atoms with Gasteiger partial charge in [0.25, 0.3) is 0 Å². The lowest BCUT2D eigenvalue weighted by Gasteiger charge is -2.20. The molecule has 5 heteroatoms. The van der Waals surface area contributed by atoms with Crippen molar-refractivity contribution in [2.24, 2.45) is 0 Å². The molecule has 17 rings (SSSR count). The third-order valence-corrected chi connectivity index (χ3v) is 16.7. The second-order valence-corrected chi connectivity index (χ2v) is 20.6. The predicted octanol–water partition coefficient (Wildman–Crippen LogP) is 16.3. The molecule has 15 aromatic rings. The summed E-state index contributed by atoms with van der Waals surface area (Å²) in [5.74, 6) is 0. The standard InChI is InChI=1S/C69H45N5/c1-2-15-43-34-50(29-28-42(43)14-1)67-70-68(74-69(73(67)74)61-38-49-20-7-8-22-53(49)55-23-9-10-24-56(55)61)51-30-32-54-48(35-51)21-13-27-62(54)72-65-40-47-19-6-4-17-45(47)37-60(65)58-33-31-52(41-66(58)72)71-63-26-12-11-25-57(63)59-36-44-16-3-5-18-46(44)39-64(59)71/h1-41,67-70H/p+1. The van der Waals surface area contributed by atoms with Gasteiger partial charge >= 0.3 is 0 Å². The molecule has 74 heavy (non-hydrogen) atoms. The van der Waals surface area contributed by atoms with E-state index in [9.17, 15) is 0 Å². The van der Waals surface area contributed by atoms with Crippen LogP contribution in [-0.4, -0.2) is 19.2 Å². The smallest absolute Gasteiger partial charge is 0.185 e. The van der Waals surface area contributed by atoms with Crippen LogP contribution in [0.25, 0.3) is 120 Å². The minimum absolute atomic E-state index is 0.0697. The number of hydrogen-bond donors (Lipinski definition) is 1. The average Bonchev–Trinajstić information content (AvgIpc) is 3.73. The molecule has 2 aliphatic heterocycles. The van der Waals surface area contributed by atoms with Crippen LogP contribution in [0.2, 0.25) is 0 Å². The highest BCUT2D eigenvalue weighted by Gasteiger charge is 2.64. The maximum atomic E-state index is 2.64. The van der Waals surface area contributed by atoms with Gasteiger partial charge in [0.2, 0.25) is 0 Å². The van der Waals surface area contributed by atoms with Crippen molar-refractivity contribution in [2.45, 2.75) is 18.5 Å². The zero-order chi connectivity index (χ0) is 48.2. The van der Waals surface area contributed by atoms with Crippen LogP contribution < -0.4 is 5.32 Å². The molecule has 2 aliphatic rings. The van der Waals surface area contributed by atoms with E-state index in [0.29, 0.717) is 0 Å². The second kappa shape index (κ2) is 15.2. The van der Waals surface area contributed by atoms with Crippen molar-refractivity contribution in [3.05, 3.63) is 265 Å². The summed E-state index contributed by atoms with van der Waals surface area (Å²) >= 11 is 0. The van der Waals surface area contributed by atoms with Gasteiger partial charge in [-0.25, -0.2) is 0 Å². The molecule has 2 fully saturated rings. The molecular formula is C69H46N5+. The van der Waals surface area contributed by atoms with E-state index < -0.39 is 0 Å². The van der Waals surface area contributed by atoms with Gasteiger partial charge in [-0.3, -0.25) is 0 Å². The van der Waals surface area contributed by atoms with Gasteiger partial charge in [0, 0.05) is 43.7 Å². The van der Waals surface area contributed by atoms with E-state index in [1.54, 1.807) is 0 Å². The molecule has 4 heterocycles. The molecule has 2 aromatic heterocycles. The van der Waals surface area contributed by atoms with Crippen LogP contribution in [0.4, 0.5) is 0 Å². The topological polar surface area (TPSA) is 32.5 Å². The van der Waals surface area contributed by atoms with E-state index in [0.717, 1.165) is 5.69 Å². The van der Waals surface area contributed by atoms with Crippen LogP contribution in [0.1, 0.15) is 35.2 Å². The first-order chi connectivity index (χ1) is 36.7. The van der Waals surface area contributed by atoms with Gasteiger partial charge in [-0.2, -0.15) is 10.0 Å². The number of nitrogens with zero attached hydrogens (tertiary/aromatic N) is 4. The highest BCUT2D eigenvalue weighted by Crippen LogP contribution is 2.56. The molecule has 5 atom stereocenters. The average molecular weight is 945 g/mol. The normalized spacial score (nSPS) is 18.6. The molecule has 0 radical (unpaired) electrons. The Morgan fingerprint density at radius 2 is 0.757 bits per heavy atom. The molecule has 5 unspecified atom stereocenters. The molecule has 13 aromatic carbocycles. The van der Waals surface area contributed by atoms with Gasteiger partial charge in [-0.15, -0.1) is 0 Å². The van der Waals surface area contributed by atoms with Crippen molar-refractivity contribution in [1.82, 2.24) is 19.2 Å². The number of para-hydroxylation sites is 1. The van der Waals surface area contributed by atoms with Gasteiger partial charge in [-0.05, 0) is 132 Å². The summed E-state index contributed by atoms with van der Waals surface area (Å²) in [6.45, 7) is 0. The number of nitrogens with two attached hydrogens (primary N) is 1. The highest BCUT2D eigenvalue weighted by atomic mass is 15.9. The molecule has 5 nitrogen and oxygen atoms in total. The van der Waals surface area contributed by atoms with E-state index >= 15 is 0 Å². The fourth-order valence-electron chi connectivity index (χ4n) is 13.3. The van der Waals surface area contributed by atoms with E-state index in [4.69, 9.17) is 0 Å². The van der Waals surface area contributed by atoms with E-state index in [1.165, 1.54) is 131 Å². The van der Waals surface area contributed by atoms with E-state index in [1.807, 2.05) is 0 Å². The van der Waals surface area contributed by atoms with E-state index in [2.05, 4.69) is 273 Å². The number of hydrogen-bond acceptors (Lipinski definition) is 2. The Hall–Kier alpha value is -9.10. The number of benzene rings is 13. The van der Waals surface area contributed by atoms with Crippen LogP contribution in [0.15, 0.2) is 249 Å². The minimum Gasteiger partial charge on any atom is -0.309 e. The third kappa shape index (κ3) is 5.80. The number of fused-ring (bicyclic) bond motifs is 14. The zero-order valence-corrected chi connectivity index (χ0v) is 40.3. The van der Waals surface area contributed by atoms with Crippen molar-refractivity contribution >= 4 is 108 Å². The minimum atomic E-state index is 0.0697. The van der Waals surface area contributed by atoms with Crippen molar-refractivity contribution in [3.63, 3.8) is 0 Å².